The fraction of sp³-hybridized carbons (Fsp3) is 0.222. The van der Waals surface area contributed by atoms with E-state index in [1.165, 1.54) is 16.4 Å². The van der Waals surface area contributed by atoms with E-state index in [0.717, 1.165) is 16.9 Å². The van der Waals surface area contributed by atoms with E-state index >= 15 is 0 Å². The summed E-state index contributed by atoms with van der Waals surface area (Å²) in [6.45, 7) is 2.60. The second-order valence-corrected chi connectivity index (χ2v) is 6.15. The SMILES string of the molecule is CCOc1ccccc1CSc1nnc(-c2ccccc2OC)n1N. The molecule has 0 aliphatic rings. The number of nitrogens with two attached hydrogens (primary N) is 1. The van der Waals surface area contributed by atoms with E-state index in [2.05, 4.69) is 10.2 Å². The molecule has 0 spiro atoms. The van der Waals surface area contributed by atoms with E-state index in [-0.39, 0.29) is 0 Å². The monoisotopic (exact) mass is 356 g/mol. The zero-order valence-corrected chi connectivity index (χ0v) is 15.0. The molecular weight excluding hydrogens is 336 g/mol. The van der Waals surface area contributed by atoms with Gasteiger partial charge in [-0.25, -0.2) is 4.68 Å². The second kappa shape index (κ2) is 7.94. The highest BCUT2D eigenvalue weighted by Gasteiger charge is 2.16. The van der Waals surface area contributed by atoms with Crippen LogP contribution in [0.5, 0.6) is 11.5 Å². The minimum atomic E-state index is 0.568. The van der Waals surface area contributed by atoms with Gasteiger partial charge in [0.2, 0.25) is 5.16 Å². The topological polar surface area (TPSA) is 75.2 Å². The summed E-state index contributed by atoms with van der Waals surface area (Å²) in [6.07, 6.45) is 0. The molecule has 1 aromatic heterocycles. The molecule has 1 heterocycles. The molecule has 25 heavy (non-hydrogen) atoms. The van der Waals surface area contributed by atoms with Crippen LogP contribution in [0.25, 0.3) is 11.4 Å². The summed E-state index contributed by atoms with van der Waals surface area (Å²) < 4.78 is 12.5. The molecule has 2 aromatic carbocycles. The average Bonchev–Trinajstić information content (AvgIpc) is 3.01. The van der Waals surface area contributed by atoms with Crippen LogP contribution in [0.1, 0.15) is 12.5 Å². The van der Waals surface area contributed by atoms with Crippen LogP contribution >= 0.6 is 11.8 Å². The molecule has 0 atom stereocenters. The summed E-state index contributed by atoms with van der Waals surface area (Å²) in [6, 6.07) is 15.6. The summed E-state index contributed by atoms with van der Waals surface area (Å²) in [7, 11) is 1.62. The first-order valence-electron chi connectivity index (χ1n) is 7.92. The molecule has 130 valence electrons. The van der Waals surface area contributed by atoms with Gasteiger partial charge in [0, 0.05) is 11.3 Å². The second-order valence-electron chi connectivity index (χ2n) is 5.21. The number of ether oxygens (including phenoxy) is 2. The smallest absolute Gasteiger partial charge is 0.210 e. The van der Waals surface area contributed by atoms with E-state index in [1.54, 1.807) is 7.11 Å². The zero-order chi connectivity index (χ0) is 17.6. The summed E-state index contributed by atoms with van der Waals surface area (Å²) >= 11 is 1.51. The lowest BCUT2D eigenvalue weighted by Crippen LogP contribution is -2.12. The predicted octanol–water partition coefficient (Wildman–Crippen LogP) is 3.36. The lowest BCUT2D eigenvalue weighted by atomic mass is 10.2. The highest BCUT2D eigenvalue weighted by atomic mass is 32.2. The molecule has 0 saturated heterocycles. The van der Waals surface area contributed by atoms with Gasteiger partial charge in [-0.15, -0.1) is 10.2 Å². The maximum atomic E-state index is 6.20. The summed E-state index contributed by atoms with van der Waals surface area (Å²) in [5, 5.41) is 9.07. The van der Waals surface area contributed by atoms with Gasteiger partial charge in [0.25, 0.3) is 0 Å². The van der Waals surface area contributed by atoms with Crippen molar-refractivity contribution in [3.8, 4) is 22.9 Å². The van der Waals surface area contributed by atoms with Crippen molar-refractivity contribution in [2.24, 2.45) is 0 Å². The number of thioether (sulfide) groups is 1. The van der Waals surface area contributed by atoms with Crippen molar-refractivity contribution in [2.75, 3.05) is 19.6 Å². The molecule has 2 N–H and O–H groups in total. The Morgan fingerprint density at radius 1 is 1.04 bits per heavy atom. The number of nitrogens with zero attached hydrogens (tertiary/aromatic N) is 3. The van der Waals surface area contributed by atoms with Gasteiger partial charge < -0.3 is 15.3 Å². The highest BCUT2D eigenvalue weighted by molar-refractivity contribution is 7.98. The van der Waals surface area contributed by atoms with Gasteiger partial charge in [-0.2, -0.15) is 0 Å². The quantitative estimate of drug-likeness (QED) is 0.517. The Hall–Kier alpha value is -2.67. The van der Waals surface area contributed by atoms with Crippen molar-refractivity contribution in [1.82, 2.24) is 14.9 Å². The molecule has 0 amide bonds. The van der Waals surface area contributed by atoms with Crippen molar-refractivity contribution in [3.05, 3.63) is 54.1 Å². The molecule has 0 aliphatic heterocycles. The number of methoxy groups -OCH3 is 1. The van der Waals surface area contributed by atoms with Crippen molar-refractivity contribution in [2.45, 2.75) is 17.8 Å². The van der Waals surface area contributed by atoms with Crippen LogP contribution in [-0.4, -0.2) is 28.6 Å². The fourth-order valence-corrected chi connectivity index (χ4v) is 3.30. The predicted molar refractivity (Wildman–Crippen MR) is 99.3 cm³/mol. The van der Waals surface area contributed by atoms with E-state index < -0.39 is 0 Å². The first kappa shape index (κ1) is 17.2. The first-order chi connectivity index (χ1) is 12.2. The maximum absolute atomic E-state index is 6.20. The number of benzene rings is 2. The molecule has 0 aliphatic carbocycles. The summed E-state index contributed by atoms with van der Waals surface area (Å²) in [4.78, 5) is 0. The molecule has 0 saturated carbocycles. The minimum absolute atomic E-state index is 0.568. The molecule has 3 aromatic rings. The van der Waals surface area contributed by atoms with Crippen molar-refractivity contribution >= 4 is 11.8 Å². The normalized spacial score (nSPS) is 10.6. The Bertz CT molecular complexity index is 851. The molecule has 0 unspecified atom stereocenters. The van der Waals surface area contributed by atoms with Gasteiger partial charge in [0.15, 0.2) is 5.82 Å². The van der Waals surface area contributed by atoms with Crippen LogP contribution < -0.4 is 15.3 Å². The molecule has 0 bridgehead atoms. The minimum Gasteiger partial charge on any atom is -0.496 e. The van der Waals surface area contributed by atoms with Crippen LogP contribution in [0.2, 0.25) is 0 Å². The van der Waals surface area contributed by atoms with Crippen molar-refractivity contribution in [1.29, 1.82) is 0 Å². The zero-order valence-electron chi connectivity index (χ0n) is 14.2. The number of nitrogen functional groups attached to an aromatic ring is 1. The number of hydrogen-bond acceptors (Lipinski definition) is 6. The summed E-state index contributed by atoms with van der Waals surface area (Å²) in [5.74, 6) is 9.05. The van der Waals surface area contributed by atoms with E-state index in [9.17, 15) is 0 Å². The van der Waals surface area contributed by atoms with Gasteiger partial charge in [0.1, 0.15) is 11.5 Å². The van der Waals surface area contributed by atoms with Gasteiger partial charge >= 0.3 is 0 Å². The van der Waals surface area contributed by atoms with Gasteiger partial charge in [-0.1, -0.05) is 42.1 Å². The van der Waals surface area contributed by atoms with Gasteiger partial charge in [-0.05, 0) is 25.1 Å². The highest BCUT2D eigenvalue weighted by Crippen LogP contribution is 2.31. The lowest BCUT2D eigenvalue weighted by Gasteiger charge is -2.10. The molecule has 6 nitrogen and oxygen atoms in total. The Kier molecular flexibility index (Phi) is 5.45. The van der Waals surface area contributed by atoms with Crippen LogP contribution in [0.3, 0.4) is 0 Å². The van der Waals surface area contributed by atoms with Crippen LogP contribution in [0.4, 0.5) is 0 Å². The first-order valence-corrected chi connectivity index (χ1v) is 8.90. The average molecular weight is 356 g/mol. The largest absolute Gasteiger partial charge is 0.496 e. The Labute approximate surface area is 150 Å². The summed E-state index contributed by atoms with van der Waals surface area (Å²) in [5.41, 5.74) is 1.90. The van der Waals surface area contributed by atoms with Crippen LogP contribution in [0, 0.1) is 0 Å². The fourth-order valence-electron chi connectivity index (χ4n) is 2.45. The molecule has 0 radical (unpaired) electrons. The Morgan fingerprint density at radius 2 is 1.76 bits per heavy atom. The number of para-hydroxylation sites is 2. The van der Waals surface area contributed by atoms with Crippen LogP contribution in [0.15, 0.2) is 53.7 Å². The third-order valence-corrected chi connectivity index (χ3v) is 4.63. The standard InChI is InChI=1S/C18H20N4O2S/c1-3-24-15-10-6-4-8-13(15)12-25-18-21-20-17(22(18)19)14-9-5-7-11-16(14)23-2/h4-11H,3,12,19H2,1-2H3. The van der Waals surface area contributed by atoms with E-state index in [1.807, 2.05) is 55.5 Å². The molecule has 7 heteroatoms. The number of rotatable bonds is 7. The Morgan fingerprint density at radius 3 is 2.52 bits per heavy atom. The third kappa shape index (κ3) is 3.71. The Balaban J connectivity index is 1.81. The lowest BCUT2D eigenvalue weighted by molar-refractivity contribution is 0.337. The number of hydrogen-bond donors (Lipinski definition) is 1. The molecule has 3 rings (SSSR count). The number of aromatic nitrogens is 3. The van der Waals surface area contributed by atoms with Gasteiger partial charge in [-0.3, -0.25) is 0 Å². The van der Waals surface area contributed by atoms with Gasteiger partial charge in [0.05, 0.1) is 19.3 Å². The molecular formula is C18H20N4O2S. The van der Waals surface area contributed by atoms with Crippen LogP contribution in [-0.2, 0) is 5.75 Å². The van der Waals surface area contributed by atoms with Crippen molar-refractivity contribution < 1.29 is 9.47 Å². The van der Waals surface area contributed by atoms with Crippen molar-refractivity contribution in [3.63, 3.8) is 0 Å². The van der Waals surface area contributed by atoms with E-state index in [0.29, 0.717) is 29.1 Å². The molecule has 0 fully saturated rings. The third-order valence-electron chi connectivity index (χ3n) is 3.64. The van der Waals surface area contributed by atoms with E-state index in [4.69, 9.17) is 15.3 Å². The maximum Gasteiger partial charge on any atom is 0.210 e.